The van der Waals surface area contributed by atoms with Crippen LogP contribution in [0.2, 0.25) is 0 Å². The minimum absolute atomic E-state index is 0.0991. The average Bonchev–Trinajstić information content (AvgIpc) is 2.52. The molecule has 0 aliphatic rings. The van der Waals surface area contributed by atoms with Crippen LogP contribution < -0.4 is 0 Å². The summed E-state index contributed by atoms with van der Waals surface area (Å²) >= 11 is 0. The molecular formula is C17H23N3O. The van der Waals surface area contributed by atoms with Crippen molar-refractivity contribution >= 4 is 11.5 Å². The number of carbonyl (C=O) groups is 1. The molecule has 0 heterocycles. The summed E-state index contributed by atoms with van der Waals surface area (Å²) in [7, 11) is 0. The molecular weight excluding hydrogens is 262 g/mol. The number of rotatable bonds is 8. The minimum atomic E-state index is 0.0991. The predicted octanol–water partition coefficient (Wildman–Crippen LogP) is 4.40. The number of unbranched alkanes of at least 4 members (excludes halogenated alkanes) is 1. The maximum absolute atomic E-state index is 12.2. The van der Waals surface area contributed by atoms with Crippen LogP contribution in [0.4, 0.5) is 5.69 Å². The van der Waals surface area contributed by atoms with Gasteiger partial charge in [0.1, 0.15) is 0 Å². The van der Waals surface area contributed by atoms with Gasteiger partial charge in [0, 0.05) is 31.5 Å². The van der Waals surface area contributed by atoms with Gasteiger partial charge in [-0.3, -0.25) is 9.80 Å². The lowest BCUT2D eigenvalue weighted by Gasteiger charge is -2.11. The van der Waals surface area contributed by atoms with Crippen molar-refractivity contribution in [1.29, 1.82) is 0 Å². The molecule has 0 atom stereocenters. The largest absolute Gasteiger partial charge is 0.294 e. The Hall–Kier alpha value is -2.15. The first kappa shape index (κ1) is 16.9. The van der Waals surface area contributed by atoms with Crippen LogP contribution in [0.3, 0.4) is 0 Å². The molecule has 0 bridgehead atoms. The predicted molar refractivity (Wildman–Crippen MR) is 85.5 cm³/mol. The summed E-state index contributed by atoms with van der Waals surface area (Å²) < 4.78 is 0. The summed E-state index contributed by atoms with van der Waals surface area (Å²) in [6.07, 6.45) is 2.03. The maximum Gasteiger partial charge on any atom is 0.165 e. The molecule has 0 radical (unpaired) electrons. The van der Waals surface area contributed by atoms with Crippen LogP contribution in [0.1, 0.15) is 50.4 Å². The zero-order valence-electron chi connectivity index (χ0n) is 13.1. The van der Waals surface area contributed by atoms with Crippen LogP contribution in [0, 0.1) is 11.8 Å². The lowest BCUT2D eigenvalue weighted by molar-refractivity contribution is 0.0981. The Morgan fingerprint density at radius 1 is 1.24 bits per heavy atom. The van der Waals surface area contributed by atoms with E-state index in [-0.39, 0.29) is 5.78 Å². The van der Waals surface area contributed by atoms with Crippen molar-refractivity contribution in [2.75, 3.05) is 13.1 Å². The van der Waals surface area contributed by atoms with Gasteiger partial charge in [0.15, 0.2) is 5.78 Å². The van der Waals surface area contributed by atoms with Gasteiger partial charge in [0.25, 0.3) is 0 Å². The fourth-order valence-electron chi connectivity index (χ4n) is 1.86. The van der Waals surface area contributed by atoms with Gasteiger partial charge >= 0.3 is 0 Å². The molecule has 1 aromatic carbocycles. The molecule has 0 spiro atoms. The number of hydrogen-bond acceptors (Lipinski definition) is 3. The Labute approximate surface area is 127 Å². The first-order valence-corrected chi connectivity index (χ1v) is 7.41. The topological polar surface area (TPSA) is 45.0 Å². The van der Waals surface area contributed by atoms with E-state index in [0.29, 0.717) is 17.7 Å². The smallest absolute Gasteiger partial charge is 0.165 e. The summed E-state index contributed by atoms with van der Waals surface area (Å²) in [6, 6.07) is 7.36. The van der Waals surface area contributed by atoms with Crippen LogP contribution in [0.5, 0.6) is 0 Å². The molecule has 0 saturated carbocycles. The molecule has 0 saturated heterocycles. The Balaban J connectivity index is 2.78. The van der Waals surface area contributed by atoms with Crippen molar-refractivity contribution in [1.82, 2.24) is 5.01 Å². The average molecular weight is 285 g/mol. The number of carbonyl (C=O) groups excluding carboxylic acids is 1. The highest BCUT2D eigenvalue weighted by Crippen LogP contribution is 2.21. The summed E-state index contributed by atoms with van der Waals surface area (Å²) in [5.74, 6) is 5.91. The first-order chi connectivity index (χ1) is 10.2. The van der Waals surface area contributed by atoms with E-state index in [1.54, 1.807) is 0 Å². The maximum atomic E-state index is 12.2. The quantitative estimate of drug-likeness (QED) is 0.233. The lowest BCUT2D eigenvalue weighted by atomic mass is 10.0. The molecule has 0 unspecified atom stereocenters. The number of ketones is 1. The van der Waals surface area contributed by atoms with E-state index in [0.717, 1.165) is 25.9 Å². The second-order valence-corrected chi connectivity index (χ2v) is 4.55. The number of hydrogen-bond donors (Lipinski definition) is 0. The minimum Gasteiger partial charge on any atom is -0.294 e. The molecule has 0 aliphatic heterocycles. The first-order valence-electron chi connectivity index (χ1n) is 7.41. The fourth-order valence-corrected chi connectivity index (χ4v) is 1.86. The number of Topliss-reactive ketones (excluding diaryl/α,β-unsaturated/α-hetero) is 1. The second-order valence-electron chi connectivity index (χ2n) is 4.55. The molecule has 1 rings (SSSR count). The van der Waals surface area contributed by atoms with E-state index < -0.39 is 0 Å². The molecule has 0 fully saturated rings. The molecule has 0 aromatic heterocycles. The third-order valence-electron chi connectivity index (χ3n) is 3.10. The highest BCUT2D eigenvalue weighted by atomic mass is 16.1. The molecule has 0 aliphatic carbocycles. The van der Waals surface area contributed by atoms with Crippen LogP contribution in [-0.2, 0) is 0 Å². The fraction of sp³-hybridized carbons (Fsp3) is 0.471. The van der Waals surface area contributed by atoms with E-state index in [1.165, 1.54) is 0 Å². The number of benzene rings is 1. The highest BCUT2D eigenvalue weighted by molar-refractivity contribution is 6.00. The zero-order valence-corrected chi connectivity index (χ0v) is 13.1. The van der Waals surface area contributed by atoms with Gasteiger partial charge in [-0.05, 0) is 39.3 Å². The van der Waals surface area contributed by atoms with Gasteiger partial charge in [0.05, 0.1) is 5.69 Å². The molecule has 4 heteroatoms. The van der Waals surface area contributed by atoms with E-state index in [2.05, 4.69) is 22.2 Å². The van der Waals surface area contributed by atoms with E-state index >= 15 is 0 Å². The van der Waals surface area contributed by atoms with Gasteiger partial charge in [-0.15, -0.1) is 17.0 Å². The third-order valence-corrected chi connectivity index (χ3v) is 3.10. The van der Waals surface area contributed by atoms with Crippen molar-refractivity contribution in [3.8, 4) is 11.8 Å². The molecule has 4 nitrogen and oxygen atoms in total. The Kier molecular flexibility index (Phi) is 7.81. The standard InChI is InChI=1S/C17H23N3O/c1-4-7-8-9-14-17(21)15-12-10-11-13-16(15)18-19-20(5-2)6-3/h10-13H,5-6,8-9,14H2,1-3H3. The van der Waals surface area contributed by atoms with Crippen LogP contribution in [0.15, 0.2) is 34.6 Å². The number of nitrogens with zero attached hydrogens (tertiary/aromatic N) is 3. The molecule has 21 heavy (non-hydrogen) atoms. The lowest BCUT2D eigenvalue weighted by Crippen LogP contribution is -2.14. The molecule has 0 amide bonds. The van der Waals surface area contributed by atoms with E-state index in [9.17, 15) is 4.79 Å². The molecule has 1 aromatic rings. The van der Waals surface area contributed by atoms with Crippen LogP contribution in [0.25, 0.3) is 0 Å². The summed E-state index contributed by atoms with van der Waals surface area (Å²) in [6.45, 7) is 7.45. The Bertz CT molecular complexity index is 536. The zero-order chi connectivity index (χ0) is 15.5. The highest BCUT2D eigenvalue weighted by Gasteiger charge is 2.10. The van der Waals surface area contributed by atoms with Gasteiger partial charge in [-0.1, -0.05) is 17.4 Å². The van der Waals surface area contributed by atoms with Gasteiger partial charge in [0.2, 0.25) is 0 Å². The second kappa shape index (κ2) is 9.71. The van der Waals surface area contributed by atoms with Crippen molar-refractivity contribution in [2.45, 2.75) is 40.0 Å². The summed E-state index contributed by atoms with van der Waals surface area (Å²) in [4.78, 5) is 12.2. The Morgan fingerprint density at radius 3 is 2.62 bits per heavy atom. The van der Waals surface area contributed by atoms with Gasteiger partial charge in [-0.25, -0.2) is 0 Å². The van der Waals surface area contributed by atoms with E-state index in [4.69, 9.17) is 0 Å². The summed E-state index contributed by atoms with van der Waals surface area (Å²) in [5, 5.41) is 10.2. The van der Waals surface area contributed by atoms with E-state index in [1.807, 2.05) is 50.0 Å². The Morgan fingerprint density at radius 2 is 1.95 bits per heavy atom. The van der Waals surface area contributed by atoms with Crippen LogP contribution in [-0.4, -0.2) is 23.9 Å². The van der Waals surface area contributed by atoms with Crippen molar-refractivity contribution in [3.63, 3.8) is 0 Å². The van der Waals surface area contributed by atoms with Crippen molar-refractivity contribution < 1.29 is 4.79 Å². The van der Waals surface area contributed by atoms with Gasteiger partial charge in [-0.2, -0.15) is 0 Å². The van der Waals surface area contributed by atoms with Crippen LogP contribution >= 0.6 is 0 Å². The van der Waals surface area contributed by atoms with Gasteiger partial charge < -0.3 is 0 Å². The SMILES string of the molecule is CC#CCCCC(=O)c1ccccc1N=NN(CC)CC. The molecule has 112 valence electrons. The van der Waals surface area contributed by atoms with Crippen molar-refractivity contribution in [2.24, 2.45) is 10.3 Å². The monoisotopic (exact) mass is 285 g/mol. The normalized spacial score (nSPS) is 10.2. The third kappa shape index (κ3) is 5.78. The summed E-state index contributed by atoms with van der Waals surface area (Å²) in [5.41, 5.74) is 1.27. The molecule has 0 N–H and O–H groups in total. The van der Waals surface area contributed by atoms with Crippen molar-refractivity contribution in [3.05, 3.63) is 29.8 Å².